The van der Waals surface area contributed by atoms with Crippen LogP contribution in [0, 0.1) is 6.92 Å². The normalized spacial score (nSPS) is 27.1. The number of rotatable bonds is 2. The Morgan fingerprint density at radius 2 is 2.26 bits per heavy atom. The van der Waals surface area contributed by atoms with Crippen LogP contribution in [0.2, 0.25) is 5.02 Å². The summed E-state index contributed by atoms with van der Waals surface area (Å²) in [6, 6.07) is 0.989. The molecule has 1 saturated heterocycles. The summed E-state index contributed by atoms with van der Waals surface area (Å²) in [5.41, 5.74) is 12.5. The van der Waals surface area contributed by atoms with Crippen LogP contribution in [0.1, 0.15) is 12.0 Å². The number of aromatic nitrogens is 1. The Kier molecular flexibility index (Phi) is 4.36. The van der Waals surface area contributed by atoms with E-state index in [1.165, 1.54) is 0 Å². The van der Waals surface area contributed by atoms with Crippen molar-refractivity contribution in [1.82, 2.24) is 10.3 Å². The van der Waals surface area contributed by atoms with Gasteiger partial charge in [0.2, 0.25) is 5.91 Å². The lowest BCUT2D eigenvalue weighted by Crippen LogP contribution is -2.60. The first kappa shape index (κ1) is 14.2. The average Bonchev–Trinajstić information content (AvgIpc) is 2.37. The maximum Gasteiger partial charge on any atom is 0.242 e. The fraction of sp³-hybridized carbons (Fsp3) is 0.500. The van der Waals surface area contributed by atoms with Gasteiger partial charge in [-0.3, -0.25) is 4.79 Å². The minimum absolute atomic E-state index is 0.115. The Morgan fingerprint density at radius 1 is 1.53 bits per heavy atom. The van der Waals surface area contributed by atoms with E-state index < -0.39 is 0 Å². The first-order chi connectivity index (χ1) is 8.97. The molecule has 1 amide bonds. The molecule has 0 spiro atoms. The van der Waals surface area contributed by atoms with Gasteiger partial charge in [0.25, 0.3) is 0 Å². The van der Waals surface area contributed by atoms with Crippen molar-refractivity contribution in [2.24, 2.45) is 11.5 Å². The van der Waals surface area contributed by atoms with Crippen molar-refractivity contribution in [2.75, 3.05) is 11.9 Å². The van der Waals surface area contributed by atoms with Gasteiger partial charge in [-0.2, -0.15) is 0 Å². The van der Waals surface area contributed by atoms with E-state index in [1.807, 2.05) is 6.92 Å². The van der Waals surface area contributed by atoms with Crippen LogP contribution < -0.4 is 22.1 Å². The largest absolute Gasteiger partial charge is 0.326 e. The van der Waals surface area contributed by atoms with Crippen LogP contribution in [0.15, 0.2) is 12.3 Å². The van der Waals surface area contributed by atoms with Crippen molar-refractivity contribution < 1.29 is 4.79 Å². The van der Waals surface area contributed by atoms with Gasteiger partial charge in [0.1, 0.15) is 5.82 Å². The molecule has 7 heteroatoms. The molecule has 2 heterocycles. The summed E-state index contributed by atoms with van der Waals surface area (Å²) in [6.45, 7) is 2.38. The summed E-state index contributed by atoms with van der Waals surface area (Å²) < 4.78 is 0. The summed E-state index contributed by atoms with van der Waals surface area (Å²) in [5, 5.41) is 6.36. The molecule has 1 aliphatic rings. The molecule has 1 aromatic rings. The minimum atomic E-state index is -0.350. The van der Waals surface area contributed by atoms with Crippen molar-refractivity contribution in [3.63, 3.8) is 0 Å². The van der Waals surface area contributed by atoms with E-state index in [9.17, 15) is 4.79 Å². The van der Waals surface area contributed by atoms with Gasteiger partial charge in [-0.05, 0) is 25.0 Å². The number of aryl methyl sites for hydroxylation is 1. The van der Waals surface area contributed by atoms with Crippen LogP contribution in [0.4, 0.5) is 5.82 Å². The molecule has 6 N–H and O–H groups in total. The number of nitrogens with zero attached hydrogens (tertiary/aromatic N) is 1. The number of anilines is 1. The molecule has 19 heavy (non-hydrogen) atoms. The molecule has 3 unspecified atom stereocenters. The number of hydrogen-bond acceptors (Lipinski definition) is 5. The summed E-state index contributed by atoms with van der Waals surface area (Å²) in [6.07, 6.45) is 2.13. The van der Waals surface area contributed by atoms with Crippen LogP contribution in [-0.2, 0) is 4.79 Å². The highest BCUT2D eigenvalue weighted by molar-refractivity contribution is 6.31. The van der Waals surface area contributed by atoms with Crippen molar-refractivity contribution in [2.45, 2.75) is 31.5 Å². The second kappa shape index (κ2) is 5.83. The Labute approximate surface area is 116 Å². The van der Waals surface area contributed by atoms with Gasteiger partial charge in [-0.15, -0.1) is 0 Å². The Hall–Kier alpha value is -1.21. The van der Waals surface area contributed by atoms with Gasteiger partial charge in [0, 0.05) is 29.8 Å². The highest BCUT2D eigenvalue weighted by atomic mass is 35.5. The zero-order chi connectivity index (χ0) is 14.0. The molecule has 0 saturated carbocycles. The standard InChI is InChI=1S/C12H18ClN5O/c1-6-4-17-11(2-7(6)13)18-12(19)10-3-8(14)9(15)5-16-10/h2,4,8-10,16H,3,5,14-15H2,1H3,(H,17,18,19). The van der Waals surface area contributed by atoms with Crippen LogP contribution in [-0.4, -0.2) is 35.6 Å². The molecule has 2 rings (SSSR count). The van der Waals surface area contributed by atoms with E-state index in [2.05, 4.69) is 15.6 Å². The predicted octanol–water partition coefficient (Wildman–Crippen LogP) is -0.00158. The smallest absolute Gasteiger partial charge is 0.242 e. The Morgan fingerprint density at radius 3 is 2.89 bits per heavy atom. The molecule has 1 aliphatic heterocycles. The molecule has 0 radical (unpaired) electrons. The van der Waals surface area contributed by atoms with Crippen molar-refractivity contribution in [3.8, 4) is 0 Å². The van der Waals surface area contributed by atoms with Crippen molar-refractivity contribution >= 4 is 23.3 Å². The lowest BCUT2D eigenvalue weighted by Gasteiger charge is -2.31. The fourth-order valence-corrected chi connectivity index (χ4v) is 2.09. The van der Waals surface area contributed by atoms with Gasteiger partial charge < -0.3 is 22.1 Å². The van der Waals surface area contributed by atoms with Crippen LogP contribution in [0.25, 0.3) is 0 Å². The number of carbonyl (C=O) groups is 1. The highest BCUT2D eigenvalue weighted by Gasteiger charge is 2.29. The number of nitrogens with one attached hydrogen (secondary N) is 2. The maximum atomic E-state index is 12.1. The molecule has 0 aliphatic carbocycles. The van der Waals surface area contributed by atoms with E-state index in [-0.39, 0.29) is 24.0 Å². The molecular weight excluding hydrogens is 266 g/mol. The van der Waals surface area contributed by atoms with Gasteiger partial charge in [0.05, 0.1) is 6.04 Å². The van der Waals surface area contributed by atoms with Gasteiger partial charge in [-0.1, -0.05) is 11.6 Å². The fourth-order valence-electron chi connectivity index (χ4n) is 1.94. The van der Waals surface area contributed by atoms with Crippen molar-refractivity contribution in [1.29, 1.82) is 0 Å². The number of halogens is 1. The van der Waals surface area contributed by atoms with E-state index >= 15 is 0 Å². The van der Waals surface area contributed by atoms with Crippen LogP contribution in [0.5, 0.6) is 0 Å². The molecule has 1 aromatic heterocycles. The molecular formula is C12H18ClN5O. The summed E-state index contributed by atoms with van der Waals surface area (Å²) in [4.78, 5) is 16.2. The molecule has 1 fully saturated rings. The van der Waals surface area contributed by atoms with Gasteiger partial charge in [0.15, 0.2) is 0 Å². The molecule has 3 atom stereocenters. The molecule has 0 bridgehead atoms. The monoisotopic (exact) mass is 283 g/mol. The third kappa shape index (κ3) is 3.42. The quantitative estimate of drug-likeness (QED) is 0.611. The van der Waals surface area contributed by atoms with Crippen LogP contribution in [0.3, 0.4) is 0 Å². The molecule has 6 nitrogen and oxygen atoms in total. The number of pyridine rings is 1. The van der Waals surface area contributed by atoms with Gasteiger partial charge >= 0.3 is 0 Å². The zero-order valence-electron chi connectivity index (χ0n) is 10.7. The Balaban J connectivity index is 1.99. The molecule has 0 aromatic carbocycles. The van der Waals surface area contributed by atoms with Crippen LogP contribution >= 0.6 is 11.6 Å². The van der Waals surface area contributed by atoms with Crippen molar-refractivity contribution in [3.05, 3.63) is 22.8 Å². The van der Waals surface area contributed by atoms with E-state index in [0.717, 1.165) is 5.56 Å². The minimum Gasteiger partial charge on any atom is -0.326 e. The predicted molar refractivity (Wildman–Crippen MR) is 75.0 cm³/mol. The second-order valence-electron chi connectivity index (χ2n) is 4.83. The highest BCUT2D eigenvalue weighted by Crippen LogP contribution is 2.18. The Bertz CT molecular complexity index is 481. The van der Waals surface area contributed by atoms with E-state index in [4.69, 9.17) is 23.1 Å². The number of amides is 1. The number of nitrogens with two attached hydrogens (primary N) is 2. The zero-order valence-corrected chi connectivity index (χ0v) is 11.4. The molecule has 104 valence electrons. The second-order valence-corrected chi connectivity index (χ2v) is 5.24. The van der Waals surface area contributed by atoms with Gasteiger partial charge in [-0.25, -0.2) is 4.98 Å². The topological polar surface area (TPSA) is 106 Å². The lowest BCUT2D eigenvalue weighted by atomic mass is 9.96. The summed E-state index contributed by atoms with van der Waals surface area (Å²) in [7, 11) is 0. The lowest BCUT2D eigenvalue weighted by molar-refractivity contribution is -0.118. The summed E-state index contributed by atoms with van der Waals surface area (Å²) >= 11 is 5.98. The first-order valence-electron chi connectivity index (χ1n) is 6.15. The summed E-state index contributed by atoms with van der Waals surface area (Å²) in [5.74, 6) is 0.264. The maximum absolute atomic E-state index is 12.1. The average molecular weight is 284 g/mol. The third-order valence-electron chi connectivity index (χ3n) is 3.26. The third-order valence-corrected chi connectivity index (χ3v) is 3.67. The number of hydrogen-bond donors (Lipinski definition) is 4. The SMILES string of the molecule is Cc1cnc(NC(=O)C2CC(N)C(N)CN2)cc1Cl. The van der Waals surface area contributed by atoms with E-state index in [1.54, 1.807) is 12.3 Å². The number of carbonyl (C=O) groups excluding carboxylic acids is 1. The van der Waals surface area contributed by atoms with E-state index in [0.29, 0.717) is 23.8 Å². The first-order valence-corrected chi connectivity index (χ1v) is 6.52. The number of piperidine rings is 1.